The highest BCUT2D eigenvalue weighted by Crippen LogP contribution is 2.28. The lowest BCUT2D eigenvalue weighted by Gasteiger charge is -2.36. The lowest BCUT2D eigenvalue weighted by Crippen LogP contribution is -2.53. The average Bonchev–Trinajstić information content (AvgIpc) is 3.28. The molecule has 0 heterocycles. The molecule has 2 saturated carbocycles. The molecular weight excluding hydrogens is 264 g/mol. The molecule has 0 amide bonds. The fraction of sp³-hybridized carbons (Fsp3) is 0.941. The molecule has 0 aromatic heterocycles. The van der Waals surface area contributed by atoms with E-state index in [1.807, 2.05) is 6.92 Å². The first-order valence-electron chi connectivity index (χ1n) is 8.51. The second-order valence-electron chi connectivity index (χ2n) is 7.39. The number of nitrogens with one attached hydrogen (secondary N) is 1. The Kier molecular flexibility index (Phi) is 5.67. The minimum absolute atomic E-state index is 0.125. The third-order valence-electron chi connectivity index (χ3n) is 5.31. The van der Waals surface area contributed by atoms with E-state index in [1.54, 1.807) is 0 Å². The zero-order valence-corrected chi connectivity index (χ0v) is 14.2. The van der Waals surface area contributed by atoms with Gasteiger partial charge >= 0.3 is 5.97 Å². The van der Waals surface area contributed by atoms with Crippen molar-refractivity contribution >= 4 is 5.97 Å². The van der Waals surface area contributed by atoms with Gasteiger partial charge in [-0.3, -0.25) is 10.1 Å². The number of methoxy groups -OCH3 is 1. The van der Waals surface area contributed by atoms with Crippen molar-refractivity contribution in [2.45, 2.75) is 76.4 Å². The molecular formula is C17H32N2O2. The van der Waals surface area contributed by atoms with E-state index in [0.717, 1.165) is 18.9 Å². The maximum absolute atomic E-state index is 12.1. The van der Waals surface area contributed by atoms with Gasteiger partial charge in [0, 0.05) is 18.6 Å². The predicted molar refractivity (Wildman–Crippen MR) is 85.2 cm³/mol. The molecule has 2 aliphatic rings. The Morgan fingerprint density at radius 1 is 1.24 bits per heavy atom. The van der Waals surface area contributed by atoms with E-state index < -0.39 is 5.54 Å². The van der Waals surface area contributed by atoms with Gasteiger partial charge in [0.2, 0.25) is 0 Å². The molecule has 1 atom stereocenters. The fourth-order valence-corrected chi connectivity index (χ4v) is 3.40. The van der Waals surface area contributed by atoms with Crippen molar-refractivity contribution in [2.24, 2.45) is 5.92 Å². The molecule has 21 heavy (non-hydrogen) atoms. The summed E-state index contributed by atoms with van der Waals surface area (Å²) < 4.78 is 5.02. The third-order valence-corrected chi connectivity index (χ3v) is 5.31. The van der Waals surface area contributed by atoms with Crippen LogP contribution in [-0.4, -0.2) is 49.2 Å². The topological polar surface area (TPSA) is 41.6 Å². The van der Waals surface area contributed by atoms with Gasteiger partial charge in [-0.05, 0) is 64.8 Å². The standard InChI is InChI=1S/C17H32N2O2/c1-13-5-9-15(10-6-13)19(3)12-11-17(2,16(20)21-4)18-14-7-8-14/h13-15,18H,5-12H2,1-4H3. The number of hydrogen-bond donors (Lipinski definition) is 1. The van der Waals surface area contributed by atoms with Crippen molar-refractivity contribution in [3.63, 3.8) is 0 Å². The Bertz CT molecular complexity index is 349. The van der Waals surface area contributed by atoms with Crippen LogP contribution in [0.3, 0.4) is 0 Å². The lowest BCUT2D eigenvalue weighted by molar-refractivity contribution is -0.148. The second kappa shape index (κ2) is 7.10. The molecule has 1 N–H and O–H groups in total. The zero-order valence-electron chi connectivity index (χ0n) is 14.2. The van der Waals surface area contributed by atoms with Crippen LogP contribution >= 0.6 is 0 Å². The summed E-state index contributed by atoms with van der Waals surface area (Å²) >= 11 is 0. The first-order chi connectivity index (χ1) is 9.94. The molecule has 0 aliphatic heterocycles. The summed E-state index contributed by atoms with van der Waals surface area (Å²) in [6, 6.07) is 1.19. The summed E-state index contributed by atoms with van der Waals surface area (Å²) in [6.45, 7) is 5.29. The summed E-state index contributed by atoms with van der Waals surface area (Å²) in [4.78, 5) is 14.6. The van der Waals surface area contributed by atoms with Crippen molar-refractivity contribution in [1.29, 1.82) is 0 Å². The number of carbonyl (C=O) groups excluding carboxylic acids is 1. The van der Waals surface area contributed by atoms with Crippen LogP contribution in [0.25, 0.3) is 0 Å². The van der Waals surface area contributed by atoms with Crippen LogP contribution < -0.4 is 5.32 Å². The van der Waals surface area contributed by atoms with Gasteiger partial charge in [0.1, 0.15) is 5.54 Å². The summed E-state index contributed by atoms with van der Waals surface area (Å²) in [6.07, 6.45) is 8.45. The number of ether oxygens (including phenoxy) is 1. The molecule has 2 fully saturated rings. The van der Waals surface area contributed by atoms with Crippen LogP contribution in [0.1, 0.15) is 58.8 Å². The Hall–Kier alpha value is -0.610. The van der Waals surface area contributed by atoms with E-state index in [0.29, 0.717) is 12.1 Å². The summed E-state index contributed by atoms with van der Waals surface area (Å²) in [5.74, 6) is 0.756. The third kappa shape index (κ3) is 4.68. The zero-order chi connectivity index (χ0) is 15.5. The van der Waals surface area contributed by atoms with Crippen LogP contribution in [0.5, 0.6) is 0 Å². The van der Waals surface area contributed by atoms with Crippen LogP contribution in [0.15, 0.2) is 0 Å². The molecule has 0 bridgehead atoms. The van der Waals surface area contributed by atoms with E-state index in [2.05, 4.69) is 24.2 Å². The van der Waals surface area contributed by atoms with Gasteiger partial charge in [-0.1, -0.05) is 6.92 Å². The number of nitrogens with zero attached hydrogens (tertiary/aromatic N) is 1. The fourth-order valence-electron chi connectivity index (χ4n) is 3.40. The van der Waals surface area contributed by atoms with Gasteiger partial charge in [-0.15, -0.1) is 0 Å². The van der Waals surface area contributed by atoms with E-state index in [-0.39, 0.29) is 5.97 Å². The second-order valence-corrected chi connectivity index (χ2v) is 7.39. The van der Waals surface area contributed by atoms with Crippen LogP contribution in [-0.2, 0) is 9.53 Å². The molecule has 0 spiro atoms. The molecule has 4 nitrogen and oxygen atoms in total. The molecule has 0 radical (unpaired) electrons. The number of hydrogen-bond acceptors (Lipinski definition) is 4. The van der Waals surface area contributed by atoms with Crippen molar-refractivity contribution in [3.8, 4) is 0 Å². The first-order valence-corrected chi connectivity index (χ1v) is 8.51. The maximum atomic E-state index is 12.1. The summed E-state index contributed by atoms with van der Waals surface area (Å²) in [7, 11) is 3.69. The summed E-state index contributed by atoms with van der Waals surface area (Å²) in [5, 5.41) is 3.48. The first kappa shape index (κ1) is 16.8. The molecule has 2 rings (SSSR count). The van der Waals surface area contributed by atoms with Crippen molar-refractivity contribution in [1.82, 2.24) is 10.2 Å². The highest BCUT2D eigenvalue weighted by atomic mass is 16.5. The quantitative estimate of drug-likeness (QED) is 0.733. The Morgan fingerprint density at radius 2 is 1.86 bits per heavy atom. The number of rotatable bonds is 7. The van der Waals surface area contributed by atoms with Gasteiger partial charge in [0.25, 0.3) is 0 Å². The SMILES string of the molecule is COC(=O)C(C)(CCN(C)C1CCC(C)CC1)NC1CC1. The monoisotopic (exact) mass is 296 g/mol. The van der Waals surface area contributed by atoms with Gasteiger partial charge in [0.15, 0.2) is 0 Å². The molecule has 0 aromatic rings. The van der Waals surface area contributed by atoms with Crippen LogP contribution in [0, 0.1) is 5.92 Å². The lowest BCUT2D eigenvalue weighted by atomic mass is 9.86. The smallest absolute Gasteiger partial charge is 0.325 e. The summed E-state index contributed by atoms with van der Waals surface area (Å²) in [5.41, 5.74) is -0.536. The van der Waals surface area contributed by atoms with Gasteiger partial charge < -0.3 is 9.64 Å². The van der Waals surface area contributed by atoms with Crippen molar-refractivity contribution < 1.29 is 9.53 Å². The van der Waals surface area contributed by atoms with Crippen molar-refractivity contribution in [2.75, 3.05) is 20.7 Å². The minimum atomic E-state index is -0.536. The molecule has 0 aromatic carbocycles. The minimum Gasteiger partial charge on any atom is -0.468 e. The predicted octanol–water partition coefficient (Wildman–Crippen LogP) is 2.57. The van der Waals surface area contributed by atoms with Crippen LogP contribution in [0.2, 0.25) is 0 Å². The van der Waals surface area contributed by atoms with E-state index >= 15 is 0 Å². The van der Waals surface area contributed by atoms with Gasteiger partial charge in [-0.25, -0.2) is 0 Å². The maximum Gasteiger partial charge on any atom is 0.325 e. The van der Waals surface area contributed by atoms with Crippen molar-refractivity contribution in [3.05, 3.63) is 0 Å². The highest BCUT2D eigenvalue weighted by molar-refractivity contribution is 5.80. The average molecular weight is 296 g/mol. The van der Waals surface area contributed by atoms with E-state index in [9.17, 15) is 4.79 Å². The van der Waals surface area contributed by atoms with Crippen LogP contribution in [0.4, 0.5) is 0 Å². The molecule has 122 valence electrons. The van der Waals surface area contributed by atoms with Gasteiger partial charge in [0.05, 0.1) is 7.11 Å². The molecule has 0 saturated heterocycles. The normalized spacial score (nSPS) is 29.2. The Morgan fingerprint density at radius 3 is 2.38 bits per heavy atom. The van der Waals surface area contributed by atoms with Gasteiger partial charge in [-0.2, -0.15) is 0 Å². The molecule has 1 unspecified atom stereocenters. The largest absolute Gasteiger partial charge is 0.468 e. The highest BCUT2D eigenvalue weighted by Gasteiger charge is 2.39. The Labute approximate surface area is 129 Å². The van der Waals surface area contributed by atoms with E-state index in [1.165, 1.54) is 45.6 Å². The molecule has 2 aliphatic carbocycles. The number of carbonyl (C=O) groups is 1. The Balaban J connectivity index is 1.84. The van der Waals surface area contributed by atoms with E-state index in [4.69, 9.17) is 4.74 Å². The number of esters is 1. The molecule has 4 heteroatoms.